The molecule has 0 spiro atoms. The van der Waals surface area contributed by atoms with E-state index in [4.69, 9.17) is 12.2 Å². The number of thiophene rings is 1. The van der Waals surface area contributed by atoms with Crippen molar-refractivity contribution in [2.45, 2.75) is 19.1 Å². The van der Waals surface area contributed by atoms with E-state index in [2.05, 4.69) is 51.8 Å². The van der Waals surface area contributed by atoms with Gasteiger partial charge in [-0.2, -0.15) is 5.10 Å². The van der Waals surface area contributed by atoms with Crippen LogP contribution >= 0.6 is 34.9 Å². The van der Waals surface area contributed by atoms with Crippen LogP contribution in [0.5, 0.6) is 0 Å². The van der Waals surface area contributed by atoms with Crippen molar-refractivity contribution in [2.75, 3.05) is 6.54 Å². The molecule has 3 nitrogen and oxygen atoms in total. The predicted octanol–water partition coefficient (Wildman–Crippen LogP) is 4.34. The second-order valence-electron chi connectivity index (χ2n) is 5.32. The van der Waals surface area contributed by atoms with Gasteiger partial charge in [0.1, 0.15) is 5.51 Å². The number of aromatic nitrogens is 2. The zero-order valence-electron chi connectivity index (χ0n) is 11.9. The highest BCUT2D eigenvalue weighted by Gasteiger charge is 2.29. The highest BCUT2D eigenvalue weighted by Crippen LogP contribution is 2.37. The Labute approximate surface area is 142 Å². The smallest absolute Gasteiger partial charge is 0.180 e. The Bertz CT molecular complexity index is 818. The molecule has 0 saturated carbocycles. The number of nitrogens with zero attached hydrogens (tertiary/aromatic N) is 3. The lowest BCUT2D eigenvalue weighted by Crippen LogP contribution is -2.37. The minimum Gasteiger partial charge on any atom is -0.273 e. The molecule has 4 rings (SSSR count). The third-order valence-corrected chi connectivity index (χ3v) is 6.16. The van der Waals surface area contributed by atoms with Gasteiger partial charge in [0.25, 0.3) is 0 Å². The highest BCUT2D eigenvalue weighted by molar-refractivity contribution is 7.73. The standard InChI is InChI=1S/C16H15N3S3/c20-16-19(17-10-22-16)11-18-8-6-14-13(7-9-21-14)15(18)12-4-2-1-3-5-12/h1-5,7,9-10,15H,6,8,11H2/t15-/m0/s1. The van der Waals surface area contributed by atoms with Crippen LogP contribution in [0.3, 0.4) is 0 Å². The van der Waals surface area contributed by atoms with Crippen molar-refractivity contribution < 1.29 is 0 Å². The van der Waals surface area contributed by atoms with Crippen molar-refractivity contribution in [3.05, 3.63) is 67.2 Å². The molecule has 0 fully saturated rings. The number of fused-ring (bicyclic) bond motifs is 1. The summed E-state index contributed by atoms with van der Waals surface area (Å²) in [4.78, 5) is 3.98. The Morgan fingerprint density at radius 3 is 2.82 bits per heavy atom. The van der Waals surface area contributed by atoms with Gasteiger partial charge in [0.05, 0.1) is 12.7 Å². The van der Waals surface area contributed by atoms with Crippen LogP contribution in [0.4, 0.5) is 0 Å². The van der Waals surface area contributed by atoms with Crippen LogP contribution in [0.2, 0.25) is 0 Å². The largest absolute Gasteiger partial charge is 0.273 e. The van der Waals surface area contributed by atoms with Crippen LogP contribution in [-0.4, -0.2) is 21.2 Å². The minimum atomic E-state index is 0.291. The fraction of sp³-hybridized carbons (Fsp3) is 0.250. The zero-order valence-corrected chi connectivity index (χ0v) is 14.3. The van der Waals surface area contributed by atoms with Gasteiger partial charge in [0, 0.05) is 11.4 Å². The fourth-order valence-corrected chi connectivity index (χ4v) is 4.66. The van der Waals surface area contributed by atoms with Gasteiger partial charge in [-0.05, 0) is 41.2 Å². The fourth-order valence-electron chi connectivity index (χ4n) is 3.05. The Morgan fingerprint density at radius 2 is 2.05 bits per heavy atom. The molecule has 0 unspecified atom stereocenters. The quantitative estimate of drug-likeness (QED) is 0.659. The summed E-state index contributed by atoms with van der Waals surface area (Å²) in [5.41, 5.74) is 4.59. The predicted molar refractivity (Wildman–Crippen MR) is 94.0 cm³/mol. The van der Waals surface area contributed by atoms with Crippen LogP contribution in [-0.2, 0) is 13.1 Å². The molecule has 112 valence electrons. The minimum absolute atomic E-state index is 0.291. The summed E-state index contributed by atoms with van der Waals surface area (Å²) in [5, 5.41) is 6.58. The van der Waals surface area contributed by atoms with Gasteiger partial charge >= 0.3 is 0 Å². The average Bonchev–Trinajstić information content (AvgIpc) is 3.17. The molecule has 1 aromatic carbocycles. The number of benzene rings is 1. The van der Waals surface area contributed by atoms with Gasteiger partial charge in [-0.25, -0.2) is 4.68 Å². The van der Waals surface area contributed by atoms with Gasteiger partial charge < -0.3 is 0 Å². The molecule has 0 bridgehead atoms. The van der Waals surface area contributed by atoms with Crippen LogP contribution < -0.4 is 0 Å². The van der Waals surface area contributed by atoms with Crippen molar-refractivity contribution in [1.82, 2.24) is 14.7 Å². The average molecular weight is 346 g/mol. The molecular weight excluding hydrogens is 330 g/mol. The molecule has 0 N–H and O–H groups in total. The summed E-state index contributed by atoms with van der Waals surface area (Å²) < 4.78 is 2.76. The second kappa shape index (κ2) is 6.04. The maximum Gasteiger partial charge on any atom is 0.180 e. The van der Waals surface area contributed by atoms with E-state index in [1.165, 1.54) is 27.3 Å². The Morgan fingerprint density at radius 1 is 1.18 bits per heavy atom. The maximum absolute atomic E-state index is 5.36. The molecule has 0 radical (unpaired) electrons. The van der Waals surface area contributed by atoms with Crippen molar-refractivity contribution >= 4 is 34.9 Å². The monoisotopic (exact) mass is 345 g/mol. The normalized spacial score (nSPS) is 18.3. The summed E-state index contributed by atoms with van der Waals surface area (Å²) >= 11 is 8.75. The molecular formula is C16H15N3S3. The van der Waals surface area contributed by atoms with Gasteiger partial charge in [0.2, 0.25) is 0 Å². The molecule has 2 aromatic heterocycles. The van der Waals surface area contributed by atoms with E-state index in [-0.39, 0.29) is 0 Å². The third kappa shape index (κ3) is 2.56. The molecule has 6 heteroatoms. The van der Waals surface area contributed by atoms with Crippen molar-refractivity contribution in [3.63, 3.8) is 0 Å². The van der Waals surface area contributed by atoms with Crippen LogP contribution in [0.1, 0.15) is 22.0 Å². The molecule has 1 atom stereocenters. The van der Waals surface area contributed by atoms with E-state index in [9.17, 15) is 0 Å². The first-order valence-electron chi connectivity index (χ1n) is 7.19. The first-order valence-corrected chi connectivity index (χ1v) is 9.35. The van der Waals surface area contributed by atoms with Gasteiger partial charge in [0.15, 0.2) is 3.95 Å². The third-order valence-electron chi connectivity index (χ3n) is 4.05. The van der Waals surface area contributed by atoms with Crippen molar-refractivity contribution in [1.29, 1.82) is 0 Å². The molecule has 3 aromatic rings. The topological polar surface area (TPSA) is 21.1 Å². The van der Waals surface area contributed by atoms with Gasteiger partial charge in [-0.15, -0.1) is 11.3 Å². The molecule has 0 saturated heterocycles. The lowest BCUT2D eigenvalue weighted by Gasteiger charge is -2.36. The first kappa shape index (κ1) is 14.3. The summed E-state index contributed by atoms with van der Waals surface area (Å²) in [6, 6.07) is 13.3. The van der Waals surface area contributed by atoms with E-state index >= 15 is 0 Å². The summed E-state index contributed by atoms with van der Waals surface area (Å²) in [7, 11) is 0. The van der Waals surface area contributed by atoms with Crippen LogP contribution in [0, 0.1) is 3.95 Å². The maximum atomic E-state index is 5.36. The molecule has 0 amide bonds. The Kier molecular flexibility index (Phi) is 3.92. The number of hydrogen-bond acceptors (Lipinski definition) is 5. The van der Waals surface area contributed by atoms with Crippen LogP contribution in [0.25, 0.3) is 0 Å². The van der Waals surface area contributed by atoms with E-state index in [1.807, 2.05) is 21.5 Å². The van der Waals surface area contributed by atoms with E-state index < -0.39 is 0 Å². The van der Waals surface area contributed by atoms with Gasteiger partial charge in [-0.1, -0.05) is 41.7 Å². The Hall–Kier alpha value is -1.34. The summed E-state index contributed by atoms with van der Waals surface area (Å²) in [5.74, 6) is 0. The second-order valence-corrected chi connectivity index (χ2v) is 7.80. The summed E-state index contributed by atoms with van der Waals surface area (Å²) in [6.07, 6.45) is 1.10. The van der Waals surface area contributed by atoms with Gasteiger partial charge in [-0.3, -0.25) is 4.90 Å². The first-order chi connectivity index (χ1) is 10.8. The van der Waals surface area contributed by atoms with E-state index in [0.29, 0.717) is 6.04 Å². The molecule has 1 aliphatic rings. The lowest BCUT2D eigenvalue weighted by atomic mass is 9.94. The molecule has 0 aliphatic carbocycles. The van der Waals surface area contributed by atoms with E-state index in [0.717, 1.165) is 23.6 Å². The van der Waals surface area contributed by atoms with Crippen LogP contribution in [0.15, 0.2) is 47.3 Å². The summed E-state index contributed by atoms with van der Waals surface area (Å²) in [6.45, 7) is 1.78. The molecule has 3 heterocycles. The number of rotatable bonds is 3. The molecule has 1 aliphatic heterocycles. The number of hydrogen-bond donors (Lipinski definition) is 0. The highest BCUT2D eigenvalue weighted by atomic mass is 32.1. The zero-order chi connectivity index (χ0) is 14.9. The SMILES string of the molecule is S=c1scnn1CN1CCc2sccc2[C@@H]1c1ccccc1. The Balaban J connectivity index is 1.74. The van der Waals surface area contributed by atoms with E-state index in [1.54, 1.807) is 0 Å². The lowest BCUT2D eigenvalue weighted by molar-refractivity contribution is 0.157. The van der Waals surface area contributed by atoms with Crippen molar-refractivity contribution in [3.8, 4) is 0 Å². The van der Waals surface area contributed by atoms with Crippen molar-refractivity contribution in [2.24, 2.45) is 0 Å². The molecule has 22 heavy (non-hydrogen) atoms.